The molecule has 0 aliphatic heterocycles. The number of benzene rings is 1. The van der Waals surface area contributed by atoms with E-state index in [2.05, 4.69) is 10.2 Å². The van der Waals surface area contributed by atoms with Crippen LogP contribution in [0.3, 0.4) is 0 Å². The van der Waals surface area contributed by atoms with Gasteiger partial charge in [0.15, 0.2) is 5.17 Å². The van der Waals surface area contributed by atoms with E-state index in [-0.39, 0.29) is 24.0 Å². The minimum Gasteiger partial charge on any atom is -0.377 e. The molecule has 0 bridgehead atoms. The Morgan fingerprint density at radius 3 is 2.44 bits per heavy atom. The summed E-state index contributed by atoms with van der Waals surface area (Å²) in [4.78, 5) is 0. The normalized spacial score (nSPS) is 11.6. The molecule has 0 heterocycles. The minimum absolute atomic E-state index is 0. The zero-order valence-electron chi connectivity index (χ0n) is 8.35. The SMILES string of the molecule is CSC(N)=NN=Cc1c(Cl)cccc1Cl.I. The molecular formula is C9H10Cl2IN3S. The Labute approximate surface area is 126 Å². The zero-order chi connectivity index (χ0) is 11.3. The quantitative estimate of drug-likeness (QED) is 0.363. The van der Waals surface area contributed by atoms with Crippen molar-refractivity contribution in [2.45, 2.75) is 0 Å². The molecule has 0 fully saturated rings. The summed E-state index contributed by atoms with van der Waals surface area (Å²) in [6, 6.07) is 5.23. The molecule has 2 N–H and O–H groups in total. The highest BCUT2D eigenvalue weighted by Gasteiger charge is 2.01. The molecule has 0 amide bonds. The fourth-order valence-corrected chi connectivity index (χ4v) is 1.44. The van der Waals surface area contributed by atoms with Gasteiger partial charge < -0.3 is 5.73 Å². The molecule has 0 radical (unpaired) electrons. The van der Waals surface area contributed by atoms with Gasteiger partial charge in [0.1, 0.15) is 0 Å². The summed E-state index contributed by atoms with van der Waals surface area (Å²) in [7, 11) is 0. The Balaban J connectivity index is 0.00000225. The van der Waals surface area contributed by atoms with E-state index < -0.39 is 0 Å². The number of rotatable bonds is 2. The van der Waals surface area contributed by atoms with E-state index in [1.807, 2.05) is 6.26 Å². The number of nitrogens with zero attached hydrogens (tertiary/aromatic N) is 2. The van der Waals surface area contributed by atoms with E-state index >= 15 is 0 Å². The van der Waals surface area contributed by atoms with Gasteiger partial charge in [0.25, 0.3) is 0 Å². The lowest BCUT2D eigenvalue weighted by molar-refractivity contribution is 1.25. The molecule has 0 spiro atoms. The van der Waals surface area contributed by atoms with Crippen LogP contribution in [0, 0.1) is 0 Å². The second-order valence-corrected chi connectivity index (χ2v) is 4.16. The van der Waals surface area contributed by atoms with Gasteiger partial charge in [-0.05, 0) is 18.4 Å². The highest BCUT2D eigenvalue weighted by molar-refractivity contribution is 14.0. The first kappa shape index (κ1) is 16.0. The van der Waals surface area contributed by atoms with Crippen molar-refractivity contribution in [3.05, 3.63) is 33.8 Å². The van der Waals surface area contributed by atoms with Crippen molar-refractivity contribution in [1.29, 1.82) is 0 Å². The number of halogens is 3. The van der Waals surface area contributed by atoms with Gasteiger partial charge in [-0.2, -0.15) is 5.10 Å². The Bertz CT molecular complexity index is 389. The van der Waals surface area contributed by atoms with Crippen LogP contribution >= 0.6 is 58.9 Å². The molecule has 0 aliphatic carbocycles. The smallest absolute Gasteiger partial charge is 0.180 e. The van der Waals surface area contributed by atoms with E-state index in [4.69, 9.17) is 28.9 Å². The number of hydrogen-bond donors (Lipinski definition) is 1. The van der Waals surface area contributed by atoms with Crippen molar-refractivity contribution in [3.63, 3.8) is 0 Å². The maximum Gasteiger partial charge on any atom is 0.180 e. The van der Waals surface area contributed by atoms with E-state index in [9.17, 15) is 0 Å². The lowest BCUT2D eigenvalue weighted by atomic mass is 10.2. The van der Waals surface area contributed by atoms with Crippen LogP contribution in [0.1, 0.15) is 5.56 Å². The number of amidine groups is 1. The lowest BCUT2D eigenvalue weighted by Gasteiger charge is -1.98. The largest absolute Gasteiger partial charge is 0.377 e. The Morgan fingerprint density at radius 2 is 1.94 bits per heavy atom. The molecule has 1 rings (SSSR count). The summed E-state index contributed by atoms with van der Waals surface area (Å²) in [6.45, 7) is 0. The maximum atomic E-state index is 5.92. The van der Waals surface area contributed by atoms with Crippen LogP contribution in [0.4, 0.5) is 0 Å². The summed E-state index contributed by atoms with van der Waals surface area (Å²) >= 11 is 13.2. The molecular weight excluding hydrogens is 380 g/mol. The summed E-state index contributed by atoms with van der Waals surface area (Å²) in [5.74, 6) is 0. The predicted octanol–water partition coefficient (Wildman–Crippen LogP) is 3.62. The van der Waals surface area contributed by atoms with Crippen LogP contribution in [0.25, 0.3) is 0 Å². The Kier molecular flexibility index (Phi) is 8.17. The van der Waals surface area contributed by atoms with Gasteiger partial charge in [0, 0.05) is 5.56 Å². The lowest BCUT2D eigenvalue weighted by Crippen LogP contribution is -2.03. The van der Waals surface area contributed by atoms with Crippen molar-refractivity contribution < 1.29 is 0 Å². The third-order valence-corrected chi connectivity index (χ3v) is 2.71. The monoisotopic (exact) mass is 389 g/mol. The van der Waals surface area contributed by atoms with E-state index in [0.717, 1.165) is 0 Å². The second kappa shape index (κ2) is 8.16. The average molecular weight is 390 g/mol. The van der Waals surface area contributed by atoms with Gasteiger partial charge in [0.2, 0.25) is 0 Å². The first-order valence-electron chi connectivity index (χ1n) is 3.99. The highest BCUT2D eigenvalue weighted by Crippen LogP contribution is 2.22. The van der Waals surface area contributed by atoms with Crippen LogP contribution in [0.15, 0.2) is 28.4 Å². The van der Waals surface area contributed by atoms with Gasteiger partial charge in [-0.3, -0.25) is 0 Å². The Hall–Kier alpha value is 0.0200. The third kappa shape index (κ3) is 4.90. The highest BCUT2D eigenvalue weighted by atomic mass is 127. The van der Waals surface area contributed by atoms with Crippen molar-refractivity contribution in [2.24, 2.45) is 15.9 Å². The molecule has 0 atom stereocenters. The second-order valence-electron chi connectivity index (χ2n) is 2.52. The summed E-state index contributed by atoms with van der Waals surface area (Å²) in [5.41, 5.74) is 6.08. The first-order chi connectivity index (χ1) is 7.15. The molecule has 7 heteroatoms. The number of nitrogens with two attached hydrogens (primary N) is 1. The molecule has 88 valence electrons. The van der Waals surface area contributed by atoms with Crippen LogP contribution < -0.4 is 5.73 Å². The average Bonchev–Trinajstić information content (AvgIpc) is 2.22. The van der Waals surface area contributed by atoms with E-state index in [1.165, 1.54) is 18.0 Å². The van der Waals surface area contributed by atoms with Gasteiger partial charge in [-0.25, -0.2) is 0 Å². The molecule has 0 aliphatic rings. The van der Waals surface area contributed by atoms with Crippen LogP contribution in [-0.2, 0) is 0 Å². The molecule has 16 heavy (non-hydrogen) atoms. The fourth-order valence-electron chi connectivity index (χ4n) is 0.818. The molecule has 0 aromatic heterocycles. The third-order valence-electron chi connectivity index (χ3n) is 1.55. The minimum atomic E-state index is 0. The van der Waals surface area contributed by atoms with Crippen LogP contribution in [0.5, 0.6) is 0 Å². The summed E-state index contributed by atoms with van der Waals surface area (Å²) < 4.78 is 0. The molecule has 0 saturated carbocycles. The topological polar surface area (TPSA) is 50.7 Å². The molecule has 3 nitrogen and oxygen atoms in total. The van der Waals surface area contributed by atoms with Crippen molar-refractivity contribution in [1.82, 2.24) is 0 Å². The molecule has 1 aromatic rings. The predicted molar refractivity (Wildman–Crippen MR) is 84.6 cm³/mol. The molecule has 0 unspecified atom stereocenters. The van der Waals surface area contributed by atoms with Gasteiger partial charge in [-0.1, -0.05) is 41.0 Å². The number of hydrogen-bond acceptors (Lipinski definition) is 3. The molecule has 1 aromatic carbocycles. The van der Waals surface area contributed by atoms with Crippen molar-refractivity contribution in [3.8, 4) is 0 Å². The van der Waals surface area contributed by atoms with E-state index in [0.29, 0.717) is 20.8 Å². The fraction of sp³-hybridized carbons (Fsp3) is 0.111. The Morgan fingerprint density at radius 1 is 1.38 bits per heavy atom. The summed E-state index contributed by atoms with van der Waals surface area (Å²) in [6.07, 6.45) is 3.30. The summed E-state index contributed by atoms with van der Waals surface area (Å²) in [5, 5.41) is 8.96. The zero-order valence-corrected chi connectivity index (χ0v) is 13.0. The van der Waals surface area contributed by atoms with Crippen molar-refractivity contribution >= 4 is 70.3 Å². The maximum absolute atomic E-state index is 5.92. The first-order valence-corrected chi connectivity index (χ1v) is 5.97. The van der Waals surface area contributed by atoms with Gasteiger partial charge in [0.05, 0.1) is 16.3 Å². The van der Waals surface area contributed by atoms with Gasteiger partial charge in [-0.15, -0.1) is 29.1 Å². The standard InChI is InChI=1S/C9H9Cl2N3S.HI/c1-15-9(12)14-13-5-6-7(10)3-2-4-8(6)11;/h2-5H,1H3,(H2,12,14);1H. The van der Waals surface area contributed by atoms with Gasteiger partial charge >= 0.3 is 0 Å². The number of thioether (sulfide) groups is 1. The van der Waals surface area contributed by atoms with E-state index in [1.54, 1.807) is 18.2 Å². The van der Waals surface area contributed by atoms with Crippen LogP contribution in [0.2, 0.25) is 10.0 Å². The van der Waals surface area contributed by atoms with Crippen molar-refractivity contribution in [2.75, 3.05) is 6.26 Å². The molecule has 0 saturated heterocycles. The van der Waals surface area contributed by atoms with Crippen LogP contribution in [-0.4, -0.2) is 17.6 Å².